The summed E-state index contributed by atoms with van der Waals surface area (Å²) in [5, 5.41) is 3.75. The third-order valence-electron chi connectivity index (χ3n) is 2.96. The van der Waals surface area contributed by atoms with Crippen LogP contribution < -0.4 is 11.1 Å². The summed E-state index contributed by atoms with van der Waals surface area (Å²) in [5.74, 6) is -0.267. The Hall–Kier alpha value is -2.53. The van der Waals surface area contributed by atoms with Crippen LogP contribution in [0.25, 0.3) is 10.9 Å². The number of hydrogen-bond donors (Lipinski definition) is 3. The van der Waals surface area contributed by atoms with Gasteiger partial charge >= 0.3 is 0 Å². The van der Waals surface area contributed by atoms with Crippen molar-refractivity contribution in [3.05, 3.63) is 53.4 Å². The molecule has 2 aromatic heterocycles. The number of benzene rings is 1. The summed E-state index contributed by atoms with van der Waals surface area (Å²) in [6, 6.07) is 8.76. The van der Waals surface area contributed by atoms with Crippen LogP contribution in [0, 0.1) is 0 Å². The fourth-order valence-corrected chi connectivity index (χ4v) is 2.16. The van der Waals surface area contributed by atoms with Gasteiger partial charge in [0.15, 0.2) is 5.15 Å². The summed E-state index contributed by atoms with van der Waals surface area (Å²) >= 11 is 5.92. The van der Waals surface area contributed by atoms with E-state index in [1.54, 1.807) is 36.7 Å². The SMILES string of the molecule is Nc1ccc2[nH]cc(C(=O)Nc3cccnc3Cl)c2c1. The number of halogens is 1. The van der Waals surface area contributed by atoms with Crippen LogP contribution in [-0.2, 0) is 0 Å². The molecule has 0 aliphatic carbocycles. The number of pyridine rings is 1. The molecule has 1 aromatic carbocycles. The van der Waals surface area contributed by atoms with Gasteiger partial charge in [0.1, 0.15) is 0 Å². The first-order valence-electron chi connectivity index (χ1n) is 5.93. The molecule has 0 unspecified atom stereocenters. The van der Waals surface area contributed by atoms with Gasteiger partial charge in [0, 0.05) is 29.0 Å². The number of fused-ring (bicyclic) bond motifs is 1. The smallest absolute Gasteiger partial charge is 0.257 e. The van der Waals surface area contributed by atoms with Crippen LogP contribution in [0.4, 0.5) is 11.4 Å². The van der Waals surface area contributed by atoms with Crippen LogP contribution >= 0.6 is 11.6 Å². The van der Waals surface area contributed by atoms with E-state index in [1.165, 1.54) is 0 Å². The number of carbonyl (C=O) groups is 1. The minimum absolute atomic E-state index is 0.250. The fourth-order valence-electron chi connectivity index (χ4n) is 2.00. The van der Waals surface area contributed by atoms with Crippen LogP contribution in [0.1, 0.15) is 10.4 Å². The summed E-state index contributed by atoms with van der Waals surface area (Å²) in [5.41, 5.74) is 8.18. The van der Waals surface area contributed by atoms with Gasteiger partial charge in [-0.15, -0.1) is 0 Å². The molecule has 0 atom stereocenters. The number of nitrogens with two attached hydrogens (primary N) is 1. The van der Waals surface area contributed by atoms with Crippen molar-refractivity contribution >= 4 is 39.8 Å². The number of anilines is 2. The molecule has 4 N–H and O–H groups in total. The molecule has 0 radical (unpaired) electrons. The highest BCUT2D eigenvalue weighted by atomic mass is 35.5. The molecule has 2 heterocycles. The molecule has 0 saturated carbocycles. The van der Waals surface area contributed by atoms with Crippen molar-refractivity contribution in [3.63, 3.8) is 0 Å². The molecule has 6 heteroatoms. The number of carbonyl (C=O) groups excluding carboxylic acids is 1. The van der Waals surface area contributed by atoms with Crippen LogP contribution in [-0.4, -0.2) is 15.9 Å². The number of hydrogen-bond acceptors (Lipinski definition) is 3. The summed E-state index contributed by atoms with van der Waals surface area (Å²) in [6.07, 6.45) is 3.20. The average Bonchev–Trinajstić information content (AvgIpc) is 2.84. The van der Waals surface area contributed by atoms with Gasteiger partial charge in [0.25, 0.3) is 5.91 Å². The van der Waals surface area contributed by atoms with Gasteiger partial charge in [-0.3, -0.25) is 4.79 Å². The number of rotatable bonds is 2. The normalized spacial score (nSPS) is 10.7. The molecule has 100 valence electrons. The Morgan fingerprint density at radius 2 is 2.20 bits per heavy atom. The second kappa shape index (κ2) is 4.86. The zero-order valence-corrected chi connectivity index (χ0v) is 11.1. The van der Waals surface area contributed by atoms with Gasteiger partial charge in [-0.05, 0) is 30.3 Å². The van der Waals surface area contributed by atoms with Gasteiger partial charge in [0.2, 0.25) is 0 Å². The van der Waals surface area contributed by atoms with E-state index in [1.807, 2.05) is 6.07 Å². The highest BCUT2D eigenvalue weighted by Gasteiger charge is 2.13. The summed E-state index contributed by atoms with van der Waals surface area (Å²) in [4.78, 5) is 19.2. The van der Waals surface area contributed by atoms with Crippen molar-refractivity contribution in [2.75, 3.05) is 11.1 Å². The molecule has 0 spiro atoms. The van der Waals surface area contributed by atoms with Crippen LogP contribution in [0.2, 0.25) is 5.15 Å². The van der Waals surface area contributed by atoms with E-state index in [-0.39, 0.29) is 11.1 Å². The van der Waals surface area contributed by atoms with Crippen molar-refractivity contribution in [1.29, 1.82) is 0 Å². The third-order valence-corrected chi connectivity index (χ3v) is 3.26. The van der Waals surface area contributed by atoms with Gasteiger partial charge in [-0.2, -0.15) is 0 Å². The monoisotopic (exact) mass is 286 g/mol. The van der Waals surface area contributed by atoms with Gasteiger partial charge in [-0.25, -0.2) is 4.98 Å². The van der Waals surface area contributed by atoms with E-state index < -0.39 is 0 Å². The molecular formula is C14H11ClN4O. The number of amides is 1. The minimum Gasteiger partial charge on any atom is -0.399 e. The van der Waals surface area contributed by atoms with Crippen molar-refractivity contribution in [2.45, 2.75) is 0 Å². The predicted molar refractivity (Wildman–Crippen MR) is 79.9 cm³/mol. The molecule has 0 bridgehead atoms. The lowest BCUT2D eigenvalue weighted by molar-refractivity contribution is 0.102. The average molecular weight is 287 g/mol. The molecular weight excluding hydrogens is 276 g/mol. The maximum absolute atomic E-state index is 12.3. The van der Waals surface area contributed by atoms with Gasteiger partial charge < -0.3 is 16.0 Å². The number of nitrogen functional groups attached to an aromatic ring is 1. The predicted octanol–water partition coefficient (Wildman–Crippen LogP) is 3.05. The molecule has 5 nitrogen and oxygen atoms in total. The fraction of sp³-hybridized carbons (Fsp3) is 0. The largest absolute Gasteiger partial charge is 0.399 e. The minimum atomic E-state index is -0.267. The first-order valence-corrected chi connectivity index (χ1v) is 6.31. The lowest BCUT2D eigenvalue weighted by atomic mass is 10.1. The quantitative estimate of drug-likeness (QED) is 0.500. The standard InChI is InChI=1S/C14H11ClN4O/c15-13-12(2-1-5-17-13)19-14(20)10-7-18-11-4-3-8(16)6-9(10)11/h1-7,18H,16H2,(H,19,20). The Labute approximate surface area is 119 Å². The summed E-state index contributed by atoms with van der Waals surface area (Å²) in [7, 11) is 0. The van der Waals surface area contributed by atoms with Crippen molar-refractivity contribution < 1.29 is 4.79 Å². The van der Waals surface area contributed by atoms with Crippen molar-refractivity contribution in [3.8, 4) is 0 Å². The van der Waals surface area contributed by atoms with Gasteiger partial charge in [-0.1, -0.05) is 11.6 Å². The Morgan fingerprint density at radius 3 is 3.00 bits per heavy atom. The number of nitrogens with one attached hydrogen (secondary N) is 2. The molecule has 0 aliphatic rings. The number of H-pyrrole nitrogens is 1. The second-order valence-corrected chi connectivity index (χ2v) is 4.66. The lowest BCUT2D eigenvalue weighted by Crippen LogP contribution is -2.12. The van der Waals surface area contributed by atoms with Crippen molar-refractivity contribution in [1.82, 2.24) is 9.97 Å². The summed E-state index contributed by atoms with van der Waals surface area (Å²) in [6.45, 7) is 0. The van der Waals surface area contributed by atoms with E-state index in [4.69, 9.17) is 17.3 Å². The summed E-state index contributed by atoms with van der Waals surface area (Å²) < 4.78 is 0. The number of nitrogens with zero attached hydrogens (tertiary/aromatic N) is 1. The lowest BCUT2D eigenvalue weighted by Gasteiger charge is -2.05. The molecule has 20 heavy (non-hydrogen) atoms. The second-order valence-electron chi connectivity index (χ2n) is 4.30. The highest BCUT2D eigenvalue weighted by Crippen LogP contribution is 2.23. The van der Waals surface area contributed by atoms with Crippen molar-refractivity contribution in [2.24, 2.45) is 0 Å². The van der Waals surface area contributed by atoms with E-state index in [9.17, 15) is 4.79 Å². The first-order chi connectivity index (χ1) is 9.65. The van der Waals surface area contributed by atoms with E-state index in [0.717, 1.165) is 10.9 Å². The number of aromatic nitrogens is 2. The highest BCUT2D eigenvalue weighted by molar-refractivity contribution is 6.32. The van der Waals surface area contributed by atoms with Crippen LogP contribution in [0.5, 0.6) is 0 Å². The Morgan fingerprint density at radius 1 is 1.35 bits per heavy atom. The van der Waals surface area contributed by atoms with E-state index >= 15 is 0 Å². The van der Waals surface area contributed by atoms with Crippen LogP contribution in [0.15, 0.2) is 42.7 Å². The molecule has 0 saturated heterocycles. The Balaban J connectivity index is 1.97. The van der Waals surface area contributed by atoms with Gasteiger partial charge in [0.05, 0.1) is 11.3 Å². The first kappa shape index (κ1) is 12.5. The topological polar surface area (TPSA) is 83.8 Å². The Kier molecular flexibility index (Phi) is 3.04. The van der Waals surface area contributed by atoms with E-state index in [2.05, 4.69) is 15.3 Å². The van der Waals surface area contributed by atoms with Crippen LogP contribution in [0.3, 0.4) is 0 Å². The molecule has 3 rings (SSSR count). The maximum Gasteiger partial charge on any atom is 0.257 e. The molecule has 0 aliphatic heterocycles. The zero-order chi connectivity index (χ0) is 14.1. The molecule has 1 amide bonds. The third kappa shape index (κ3) is 2.19. The molecule has 3 aromatic rings. The maximum atomic E-state index is 12.3. The molecule has 0 fully saturated rings. The Bertz CT molecular complexity index is 797. The zero-order valence-electron chi connectivity index (χ0n) is 10.4. The number of aromatic amines is 1. The van der Waals surface area contributed by atoms with E-state index in [0.29, 0.717) is 16.9 Å².